The van der Waals surface area contributed by atoms with E-state index in [4.69, 9.17) is 15.0 Å². The minimum absolute atomic E-state index is 0.602. The minimum atomic E-state index is 0.602. The molecule has 0 amide bonds. The van der Waals surface area contributed by atoms with Gasteiger partial charge in [-0.15, -0.1) is 22.7 Å². The van der Waals surface area contributed by atoms with Gasteiger partial charge in [0.1, 0.15) is 0 Å². The molecule has 0 saturated carbocycles. The van der Waals surface area contributed by atoms with Crippen LogP contribution in [0.2, 0.25) is 0 Å². The second-order valence-electron chi connectivity index (χ2n) is 11.6. The molecule has 226 valence electrons. The Kier molecular flexibility index (Phi) is 6.43. The summed E-state index contributed by atoms with van der Waals surface area (Å²) in [6.07, 6.45) is 0. The first-order valence-corrected chi connectivity index (χ1v) is 18.2. The lowest BCUT2D eigenvalue weighted by atomic mass is 9.93. The van der Waals surface area contributed by atoms with Crippen LogP contribution in [0, 0.1) is 0 Å². The number of para-hydroxylation sites is 2. The van der Waals surface area contributed by atoms with Crippen LogP contribution in [0.5, 0.6) is 0 Å². The molecule has 3 aromatic heterocycles. The number of aromatic nitrogens is 3. The lowest BCUT2D eigenvalue weighted by Gasteiger charge is -2.31. The van der Waals surface area contributed by atoms with E-state index in [0.29, 0.717) is 17.6 Å². The smallest absolute Gasteiger partial charge is 0.238 e. The summed E-state index contributed by atoms with van der Waals surface area (Å²) in [6.45, 7) is 0. The molecule has 4 nitrogen and oxygen atoms in total. The largest absolute Gasteiger partial charge is 0.277 e. The van der Waals surface area contributed by atoms with E-state index in [1.807, 2.05) is 0 Å². The monoisotopic (exact) mass is 668 g/mol. The first kappa shape index (κ1) is 27.7. The molecule has 10 rings (SSSR count). The number of rotatable bonds is 4. The van der Waals surface area contributed by atoms with Crippen LogP contribution in [0.4, 0.5) is 17.3 Å². The lowest BCUT2D eigenvalue weighted by molar-refractivity contribution is 1.01. The molecule has 9 aromatic rings. The first-order valence-electron chi connectivity index (χ1n) is 15.7. The van der Waals surface area contributed by atoms with Crippen LogP contribution in [0.1, 0.15) is 0 Å². The van der Waals surface area contributed by atoms with Gasteiger partial charge < -0.3 is 0 Å². The van der Waals surface area contributed by atoms with Crippen molar-refractivity contribution in [3.05, 3.63) is 145 Å². The van der Waals surface area contributed by atoms with Crippen LogP contribution in [0.25, 0.3) is 64.2 Å². The SMILES string of the molecule is c1csc(-c2ccc(-c3nc(-c4ccc5c6ccccc6c6ccccc6c5c4)nc(N4c5ccccc5Sc5ccccc54)n3)s2)c1. The number of nitrogens with zero attached hydrogens (tertiary/aromatic N) is 4. The molecule has 4 heterocycles. The van der Waals surface area contributed by atoms with Crippen LogP contribution in [-0.2, 0) is 0 Å². The van der Waals surface area contributed by atoms with Gasteiger partial charge >= 0.3 is 0 Å². The quantitative estimate of drug-likeness (QED) is 0.175. The molecule has 0 atom stereocenters. The van der Waals surface area contributed by atoms with E-state index < -0.39 is 0 Å². The van der Waals surface area contributed by atoms with Crippen molar-refractivity contribution in [2.45, 2.75) is 9.79 Å². The van der Waals surface area contributed by atoms with Gasteiger partial charge in [0.05, 0.1) is 16.3 Å². The molecule has 0 saturated heterocycles. The fourth-order valence-electron chi connectivity index (χ4n) is 6.68. The van der Waals surface area contributed by atoms with Crippen LogP contribution in [0.15, 0.2) is 155 Å². The Hall–Kier alpha value is -5.34. The summed E-state index contributed by atoms with van der Waals surface area (Å²) in [5.74, 6) is 1.91. The highest BCUT2D eigenvalue weighted by Gasteiger charge is 2.28. The van der Waals surface area contributed by atoms with Crippen molar-refractivity contribution in [3.8, 4) is 31.8 Å². The summed E-state index contributed by atoms with van der Waals surface area (Å²) in [7, 11) is 0. The first-order chi connectivity index (χ1) is 23.8. The van der Waals surface area contributed by atoms with Crippen molar-refractivity contribution in [2.24, 2.45) is 0 Å². The van der Waals surface area contributed by atoms with Crippen LogP contribution in [-0.4, -0.2) is 15.0 Å². The average Bonchev–Trinajstić information content (AvgIpc) is 3.87. The Balaban J connectivity index is 1.22. The molecule has 0 bridgehead atoms. The zero-order valence-electron chi connectivity index (χ0n) is 25.4. The summed E-state index contributed by atoms with van der Waals surface area (Å²) >= 11 is 5.24. The van der Waals surface area contributed by atoms with E-state index in [1.54, 1.807) is 34.4 Å². The predicted octanol–water partition coefficient (Wildman–Crippen LogP) is 12.4. The van der Waals surface area contributed by atoms with Crippen molar-refractivity contribution in [1.82, 2.24) is 15.0 Å². The molecule has 0 spiro atoms. The standard InChI is InChI=1S/C41H24N4S3/c1-2-12-28-26(10-1)27-11-3-4-13-29(27)31-24-25(19-20-30(28)31)39-42-40(38-22-21-37(48-38)36-18-9-23-46-36)44-41(43-39)45-32-14-5-7-16-34(32)47-35-17-8-6-15-33(35)45/h1-24H. The molecular weight excluding hydrogens is 645 g/mol. The molecule has 0 radical (unpaired) electrons. The van der Waals surface area contributed by atoms with Gasteiger partial charge in [0, 0.05) is 25.1 Å². The second-order valence-corrected chi connectivity index (χ2v) is 14.8. The highest BCUT2D eigenvalue weighted by Crippen LogP contribution is 2.51. The molecular formula is C41H24N4S3. The molecule has 48 heavy (non-hydrogen) atoms. The number of thiophene rings is 2. The summed E-state index contributed by atoms with van der Waals surface area (Å²) in [5, 5.41) is 9.49. The summed E-state index contributed by atoms with van der Waals surface area (Å²) < 4.78 is 0. The van der Waals surface area contributed by atoms with Gasteiger partial charge in [0.25, 0.3) is 0 Å². The third-order valence-electron chi connectivity index (χ3n) is 8.85. The zero-order chi connectivity index (χ0) is 31.6. The zero-order valence-corrected chi connectivity index (χ0v) is 27.8. The van der Waals surface area contributed by atoms with Gasteiger partial charge in [-0.1, -0.05) is 103 Å². The number of hydrogen-bond acceptors (Lipinski definition) is 7. The fourth-order valence-corrected chi connectivity index (χ4v) is 9.51. The van der Waals surface area contributed by atoms with Crippen molar-refractivity contribution >= 4 is 84.1 Å². The Morgan fingerprint density at radius 3 is 1.69 bits per heavy atom. The van der Waals surface area contributed by atoms with E-state index >= 15 is 0 Å². The molecule has 1 aliphatic heterocycles. The van der Waals surface area contributed by atoms with Gasteiger partial charge in [-0.2, -0.15) is 9.97 Å². The molecule has 0 N–H and O–H groups in total. The van der Waals surface area contributed by atoms with Gasteiger partial charge in [-0.25, -0.2) is 4.98 Å². The number of benzene rings is 6. The minimum Gasteiger partial charge on any atom is -0.277 e. The van der Waals surface area contributed by atoms with Crippen molar-refractivity contribution in [3.63, 3.8) is 0 Å². The Morgan fingerprint density at radius 2 is 1.02 bits per heavy atom. The van der Waals surface area contributed by atoms with Gasteiger partial charge in [0.2, 0.25) is 5.95 Å². The van der Waals surface area contributed by atoms with E-state index in [-0.39, 0.29) is 0 Å². The Bertz CT molecular complexity index is 2600. The summed E-state index contributed by atoms with van der Waals surface area (Å²) in [5.41, 5.74) is 3.08. The summed E-state index contributed by atoms with van der Waals surface area (Å²) in [4.78, 5) is 23.6. The van der Waals surface area contributed by atoms with Crippen LogP contribution < -0.4 is 4.90 Å². The molecule has 0 aliphatic carbocycles. The molecule has 1 aliphatic rings. The normalized spacial score (nSPS) is 12.5. The van der Waals surface area contributed by atoms with E-state index in [1.165, 1.54) is 51.9 Å². The molecule has 7 heteroatoms. The van der Waals surface area contributed by atoms with Crippen molar-refractivity contribution in [2.75, 3.05) is 4.90 Å². The molecule has 6 aromatic carbocycles. The van der Waals surface area contributed by atoms with Crippen LogP contribution >= 0.6 is 34.4 Å². The third-order valence-corrected chi connectivity index (χ3v) is 12.1. The highest BCUT2D eigenvalue weighted by atomic mass is 32.2. The maximum absolute atomic E-state index is 5.26. The maximum atomic E-state index is 5.26. The average molecular weight is 669 g/mol. The van der Waals surface area contributed by atoms with E-state index in [2.05, 4.69) is 150 Å². The number of anilines is 3. The fraction of sp³-hybridized carbons (Fsp3) is 0. The Morgan fingerprint density at radius 1 is 0.438 bits per heavy atom. The van der Waals surface area contributed by atoms with Gasteiger partial charge in [0.15, 0.2) is 11.6 Å². The number of fused-ring (bicyclic) bond motifs is 8. The third kappa shape index (κ3) is 4.47. The molecule has 0 unspecified atom stereocenters. The van der Waals surface area contributed by atoms with E-state index in [9.17, 15) is 0 Å². The molecule has 0 fully saturated rings. The van der Waals surface area contributed by atoms with Gasteiger partial charge in [-0.05, 0) is 86.2 Å². The van der Waals surface area contributed by atoms with Crippen molar-refractivity contribution in [1.29, 1.82) is 0 Å². The lowest BCUT2D eigenvalue weighted by Crippen LogP contribution is -2.18. The maximum Gasteiger partial charge on any atom is 0.238 e. The van der Waals surface area contributed by atoms with Crippen LogP contribution in [0.3, 0.4) is 0 Å². The highest BCUT2D eigenvalue weighted by molar-refractivity contribution is 7.99. The van der Waals surface area contributed by atoms with E-state index in [0.717, 1.165) is 21.8 Å². The van der Waals surface area contributed by atoms with Crippen molar-refractivity contribution < 1.29 is 0 Å². The summed E-state index contributed by atoms with van der Waals surface area (Å²) in [6, 6.07) is 49.5. The Labute approximate surface area is 289 Å². The second kappa shape index (κ2) is 11.1. The predicted molar refractivity (Wildman–Crippen MR) is 203 cm³/mol. The number of hydrogen-bond donors (Lipinski definition) is 0. The topological polar surface area (TPSA) is 41.9 Å². The van der Waals surface area contributed by atoms with Gasteiger partial charge in [-0.3, -0.25) is 4.90 Å².